The van der Waals surface area contributed by atoms with E-state index < -0.39 is 47.4 Å². The summed E-state index contributed by atoms with van der Waals surface area (Å²) in [4.78, 5) is 54.4. The molecule has 0 saturated carbocycles. The Morgan fingerprint density at radius 1 is 1.05 bits per heavy atom. The van der Waals surface area contributed by atoms with Crippen LogP contribution < -0.4 is 10.6 Å². The number of hydrogen-bond donors (Lipinski definition) is 0. The maximum Gasteiger partial charge on any atom is 0.416 e. The van der Waals surface area contributed by atoms with Crippen molar-refractivity contribution in [1.82, 2.24) is 14.0 Å². The van der Waals surface area contributed by atoms with Gasteiger partial charge in [0.25, 0.3) is 0 Å². The van der Waals surface area contributed by atoms with Crippen LogP contribution in [0.15, 0.2) is 35.1 Å². The van der Waals surface area contributed by atoms with Gasteiger partial charge >= 0.3 is 23.9 Å². The van der Waals surface area contributed by atoms with Crippen molar-refractivity contribution in [1.29, 1.82) is 0 Å². The molecule has 206 valence electrons. The Bertz CT molecular complexity index is 1590. The molecule has 0 N–H and O–H groups in total. The number of esters is 1. The summed E-state index contributed by atoms with van der Waals surface area (Å²) in [6.07, 6.45) is -5.05. The van der Waals surface area contributed by atoms with E-state index in [1.807, 2.05) is 0 Å². The molecule has 13 heteroatoms. The zero-order chi connectivity index (χ0) is 28.4. The van der Waals surface area contributed by atoms with Crippen molar-refractivity contribution in [3.8, 4) is 0 Å². The Labute approximate surface area is 219 Å². The number of ether oxygens (including phenoxy) is 1. The highest BCUT2D eigenvalue weighted by molar-refractivity contribution is 6.13. The normalized spacial score (nSPS) is 19.7. The van der Waals surface area contributed by atoms with Crippen LogP contribution in [0.5, 0.6) is 0 Å². The molecular formula is C26H24F4N4O5. The minimum Gasteiger partial charge on any atom is -0.465 e. The number of carbonyl (C=O) groups excluding carboxylic acids is 3. The van der Waals surface area contributed by atoms with E-state index in [2.05, 4.69) is 0 Å². The highest BCUT2D eigenvalue weighted by atomic mass is 19.4. The summed E-state index contributed by atoms with van der Waals surface area (Å²) in [5, 5.41) is 0. The molecule has 2 heterocycles. The van der Waals surface area contributed by atoms with Crippen LogP contribution in [0, 0.1) is 11.7 Å². The Kier molecular flexibility index (Phi) is 6.27. The van der Waals surface area contributed by atoms with Gasteiger partial charge in [0.1, 0.15) is 5.82 Å². The fraction of sp³-hybridized carbons (Fsp3) is 0.385. The number of urea groups is 1. The first-order valence-corrected chi connectivity index (χ1v) is 12.2. The largest absolute Gasteiger partial charge is 0.465 e. The van der Waals surface area contributed by atoms with E-state index in [1.165, 1.54) is 9.13 Å². The zero-order valence-electron chi connectivity index (χ0n) is 21.2. The predicted octanol–water partition coefficient (Wildman–Crippen LogP) is 3.67. The monoisotopic (exact) mass is 548 g/mol. The van der Waals surface area contributed by atoms with Gasteiger partial charge in [0.15, 0.2) is 5.92 Å². The highest BCUT2D eigenvalue weighted by Crippen LogP contribution is 2.45. The van der Waals surface area contributed by atoms with Crippen molar-refractivity contribution in [3.05, 3.63) is 63.3 Å². The molecule has 1 saturated heterocycles. The summed E-state index contributed by atoms with van der Waals surface area (Å²) in [5.74, 6) is -4.44. The average Bonchev–Trinajstić information content (AvgIpc) is 3.37. The summed E-state index contributed by atoms with van der Waals surface area (Å²) in [7, 11) is 3.13. The zero-order valence-corrected chi connectivity index (χ0v) is 21.2. The number of hydrogen-bond acceptors (Lipinski definition) is 5. The van der Waals surface area contributed by atoms with Gasteiger partial charge in [-0.05, 0) is 61.2 Å². The molecule has 3 amide bonds. The predicted molar refractivity (Wildman–Crippen MR) is 130 cm³/mol. The molecule has 2 atom stereocenters. The molecule has 0 radical (unpaired) electrons. The third-order valence-electron chi connectivity index (χ3n) is 7.37. The first-order chi connectivity index (χ1) is 18.3. The molecule has 1 aliphatic carbocycles. The van der Waals surface area contributed by atoms with Gasteiger partial charge in [-0.3, -0.25) is 28.5 Å². The SMILES string of the molecule is CCOC(=O)C1CN(c2ccc3c(c2)n(C)c(=O)n3C)C(=O)N(C2CCc3c2cc(F)cc3C(F)(F)F)C1=O. The maximum atomic E-state index is 14.4. The highest BCUT2D eigenvalue weighted by Gasteiger charge is 2.49. The van der Waals surface area contributed by atoms with Gasteiger partial charge in [-0.1, -0.05) is 0 Å². The molecule has 3 aromatic rings. The van der Waals surface area contributed by atoms with Gasteiger partial charge in [-0.2, -0.15) is 13.2 Å². The van der Waals surface area contributed by atoms with Gasteiger partial charge in [-0.25, -0.2) is 14.0 Å². The second-order valence-electron chi connectivity index (χ2n) is 9.55. The van der Waals surface area contributed by atoms with Crippen LogP contribution in [-0.2, 0) is 41.0 Å². The minimum atomic E-state index is -4.84. The topological polar surface area (TPSA) is 93.8 Å². The number of aryl methyl sites for hydroxylation is 2. The summed E-state index contributed by atoms with van der Waals surface area (Å²) >= 11 is 0. The number of aromatic nitrogens is 2. The van der Waals surface area contributed by atoms with Crippen molar-refractivity contribution < 1.29 is 36.7 Å². The number of imidazole rings is 1. The smallest absolute Gasteiger partial charge is 0.416 e. The van der Waals surface area contributed by atoms with Gasteiger partial charge in [0.2, 0.25) is 5.91 Å². The van der Waals surface area contributed by atoms with Crippen molar-refractivity contribution in [2.24, 2.45) is 20.0 Å². The summed E-state index contributed by atoms with van der Waals surface area (Å²) in [6, 6.07) is 3.89. The summed E-state index contributed by atoms with van der Waals surface area (Å²) < 4.78 is 63.2. The number of rotatable bonds is 4. The molecular weight excluding hydrogens is 524 g/mol. The lowest BCUT2D eigenvalue weighted by atomic mass is 9.98. The van der Waals surface area contributed by atoms with Crippen molar-refractivity contribution in [2.45, 2.75) is 32.0 Å². The van der Waals surface area contributed by atoms with E-state index in [9.17, 15) is 36.7 Å². The van der Waals surface area contributed by atoms with Crippen molar-refractivity contribution in [2.75, 3.05) is 18.1 Å². The Balaban J connectivity index is 1.63. The lowest BCUT2D eigenvalue weighted by Gasteiger charge is -2.40. The van der Waals surface area contributed by atoms with Crippen molar-refractivity contribution >= 4 is 34.6 Å². The van der Waals surface area contributed by atoms with Crippen LogP contribution >= 0.6 is 0 Å². The van der Waals surface area contributed by atoms with E-state index in [0.29, 0.717) is 17.1 Å². The number of amides is 3. The Morgan fingerprint density at radius 2 is 1.74 bits per heavy atom. The van der Waals surface area contributed by atoms with Crippen LogP contribution in [0.25, 0.3) is 11.0 Å². The Morgan fingerprint density at radius 3 is 2.41 bits per heavy atom. The molecule has 2 aromatic carbocycles. The number of carbonyl (C=O) groups is 3. The molecule has 1 fully saturated rings. The summed E-state index contributed by atoms with van der Waals surface area (Å²) in [6.45, 7) is 1.13. The molecule has 1 aromatic heterocycles. The Hall–Kier alpha value is -4.16. The van der Waals surface area contributed by atoms with E-state index in [0.717, 1.165) is 15.9 Å². The lowest BCUT2D eigenvalue weighted by molar-refractivity contribution is -0.155. The van der Waals surface area contributed by atoms with E-state index in [4.69, 9.17) is 4.74 Å². The maximum absolute atomic E-state index is 14.4. The molecule has 0 spiro atoms. The van der Waals surface area contributed by atoms with Crippen molar-refractivity contribution in [3.63, 3.8) is 0 Å². The lowest BCUT2D eigenvalue weighted by Crippen LogP contribution is -2.59. The molecule has 0 bridgehead atoms. The first-order valence-electron chi connectivity index (χ1n) is 12.2. The van der Waals surface area contributed by atoms with Gasteiger partial charge < -0.3 is 4.74 Å². The van der Waals surface area contributed by atoms with E-state index in [1.54, 1.807) is 39.2 Å². The second kappa shape index (κ2) is 9.24. The molecule has 2 aliphatic rings. The van der Waals surface area contributed by atoms with E-state index >= 15 is 0 Å². The second-order valence-corrected chi connectivity index (χ2v) is 9.55. The average molecular weight is 548 g/mol. The van der Waals surface area contributed by atoms with Gasteiger partial charge in [0, 0.05) is 19.8 Å². The fourth-order valence-corrected chi connectivity index (χ4v) is 5.51. The fourth-order valence-electron chi connectivity index (χ4n) is 5.51. The standard InChI is InChI=1S/C26H24F4N4O5/c1-4-39-23(36)17-12-33(14-5-7-20-21(11-14)32(3)24(37)31(20)2)25(38)34(22(17)35)19-8-6-15-16(19)9-13(27)10-18(15)26(28,29)30/h5,7,9-11,17,19H,4,6,8,12H2,1-3H3. The van der Waals surface area contributed by atoms with Crippen LogP contribution in [0.4, 0.5) is 28.0 Å². The summed E-state index contributed by atoms with van der Waals surface area (Å²) in [5.41, 5.74) is -0.481. The third-order valence-corrected chi connectivity index (χ3v) is 7.37. The molecule has 39 heavy (non-hydrogen) atoms. The molecule has 2 unspecified atom stereocenters. The number of benzene rings is 2. The number of halogens is 4. The molecule has 5 rings (SSSR count). The van der Waals surface area contributed by atoms with Crippen LogP contribution in [0.3, 0.4) is 0 Å². The quantitative estimate of drug-likeness (QED) is 0.282. The van der Waals surface area contributed by atoms with Crippen LogP contribution in [0.1, 0.15) is 36.1 Å². The first kappa shape index (κ1) is 26.4. The molecule has 1 aliphatic heterocycles. The number of alkyl halides is 3. The van der Waals surface area contributed by atoms with Crippen LogP contribution in [-0.4, -0.2) is 45.1 Å². The third kappa shape index (κ3) is 4.16. The number of anilines is 1. The van der Waals surface area contributed by atoms with Crippen LogP contribution in [0.2, 0.25) is 0 Å². The van der Waals surface area contributed by atoms with Gasteiger partial charge in [-0.15, -0.1) is 0 Å². The number of fused-ring (bicyclic) bond motifs is 2. The minimum absolute atomic E-state index is 0.0406. The number of imide groups is 1. The van der Waals surface area contributed by atoms with E-state index in [-0.39, 0.29) is 48.5 Å². The molecule has 9 nitrogen and oxygen atoms in total. The number of nitrogens with zero attached hydrogens (tertiary/aromatic N) is 4. The van der Waals surface area contributed by atoms with Gasteiger partial charge in [0.05, 0.1) is 35.8 Å².